The van der Waals surface area contributed by atoms with E-state index < -0.39 is 0 Å². The maximum Gasteiger partial charge on any atom is 0.254 e. The third kappa shape index (κ3) is 3.71. The molecule has 0 saturated carbocycles. The quantitative estimate of drug-likeness (QED) is 0.543. The molecule has 1 aromatic carbocycles. The summed E-state index contributed by atoms with van der Waals surface area (Å²) in [6.45, 7) is 6.01. The molecular formula is C20H22N8O. The standard InChI is InChI=1S/C20H22N8O/c1-13(2)12-16(19-24-23-18-10-6-7-11-27(18)19)21-20(29)15-8-4-5-9-17(15)28-14(3)22-25-26-28/h4-11,13,16H,12H2,1-3H3,(H,21,29). The van der Waals surface area contributed by atoms with Crippen LogP contribution in [-0.2, 0) is 0 Å². The molecule has 9 nitrogen and oxygen atoms in total. The van der Waals surface area contributed by atoms with E-state index in [0.717, 1.165) is 12.1 Å². The summed E-state index contributed by atoms with van der Waals surface area (Å²) < 4.78 is 3.46. The Kier molecular flexibility index (Phi) is 5.03. The first-order chi connectivity index (χ1) is 14.0. The Morgan fingerprint density at radius 1 is 1.07 bits per heavy atom. The van der Waals surface area contributed by atoms with Crippen molar-refractivity contribution in [3.63, 3.8) is 0 Å². The van der Waals surface area contributed by atoms with Crippen LogP contribution in [0.1, 0.15) is 48.3 Å². The van der Waals surface area contributed by atoms with Crippen LogP contribution in [0.25, 0.3) is 11.3 Å². The first-order valence-corrected chi connectivity index (χ1v) is 9.49. The van der Waals surface area contributed by atoms with Gasteiger partial charge in [0.25, 0.3) is 5.91 Å². The van der Waals surface area contributed by atoms with Gasteiger partial charge < -0.3 is 5.32 Å². The highest BCUT2D eigenvalue weighted by molar-refractivity contribution is 5.98. The van der Waals surface area contributed by atoms with Crippen molar-refractivity contribution in [2.75, 3.05) is 0 Å². The highest BCUT2D eigenvalue weighted by atomic mass is 16.1. The summed E-state index contributed by atoms with van der Waals surface area (Å²) in [6, 6.07) is 12.7. The zero-order valence-corrected chi connectivity index (χ0v) is 16.5. The SMILES string of the molecule is Cc1nnnn1-c1ccccc1C(=O)NC(CC(C)C)c1nnc2ccccn12. The van der Waals surface area contributed by atoms with Crippen LogP contribution < -0.4 is 5.32 Å². The molecule has 1 atom stereocenters. The Bertz CT molecular complexity index is 1150. The van der Waals surface area contributed by atoms with Crippen molar-refractivity contribution in [1.82, 2.24) is 40.1 Å². The van der Waals surface area contributed by atoms with Gasteiger partial charge in [-0.25, -0.2) is 0 Å². The number of pyridine rings is 1. The number of aromatic nitrogens is 7. The fraction of sp³-hybridized carbons (Fsp3) is 0.300. The minimum Gasteiger partial charge on any atom is -0.342 e. The summed E-state index contributed by atoms with van der Waals surface area (Å²) in [5, 5.41) is 23.3. The number of rotatable bonds is 6. The topological polar surface area (TPSA) is 103 Å². The maximum absolute atomic E-state index is 13.2. The van der Waals surface area contributed by atoms with Gasteiger partial charge in [-0.05, 0) is 54.0 Å². The second-order valence-corrected chi connectivity index (χ2v) is 7.30. The van der Waals surface area contributed by atoms with Crippen LogP contribution in [0.15, 0.2) is 48.7 Å². The summed E-state index contributed by atoms with van der Waals surface area (Å²) in [6.07, 6.45) is 2.63. The zero-order chi connectivity index (χ0) is 20.4. The molecule has 0 aliphatic rings. The number of amides is 1. The van der Waals surface area contributed by atoms with Gasteiger partial charge in [0.05, 0.1) is 17.3 Å². The summed E-state index contributed by atoms with van der Waals surface area (Å²) >= 11 is 0. The lowest BCUT2D eigenvalue weighted by Crippen LogP contribution is -2.31. The molecule has 0 radical (unpaired) electrons. The number of para-hydroxylation sites is 1. The largest absolute Gasteiger partial charge is 0.342 e. The fourth-order valence-corrected chi connectivity index (χ4v) is 3.34. The molecule has 4 rings (SSSR count). The van der Waals surface area contributed by atoms with Crippen molar-refractivity contribution in [1.29, 1.82) is 0 Å². The van der Waals surface area contributed by atoms with Crippen LogP contribution >= 0.6 is 0 Å². The Hall–Kier alpha value is -3.62. The van der Waals surface area contributed by atoms with Crippen LogP contribution in [0.3, 0.4) is 0 Å². The summed E-state index contributed by atoms with van der Waals surface area (Å²) in [4.78, 5) is 13.2. The van der Waals surface area contributed by atoms with Gasteiger partial charge in [-0.3, -0.25) is 9.20 Å². The van der Waals surface area contributed by atoms with Gasteiger partial charge in [0, 0.05) is 6.20 Å². The van der Waals surface area contributed by atoms with Gasteiger partial charge in [-0.2, -0.15) is 4.68 Å². The minimum absolute atomic E-state index is 0.214. The highest BCUT2D eigenvalue weighted by Gasteiger charge is 2.24. The van der Waals surface area contributed by atoms with Crippen molar-refractivity contribution in [3.05, 3.63) is 65.9 Å². The van der Waals surface area contributed by atoms with E-state index in [9.17, 15) is 4.79 Å². The average Bonchev–Trinajstić information content (AvgIpc) is 3.33. The third-order valence-corrected chi connectivity index (χ3v) is 4.67. The Morgan fingerprint density at radius 2 is 1.86 bits per heavy atom. The number of carbonyl (C=O) groups is 1. The summed E-state index contributed by atoms with van der Waals surface area (Å²) in [7, 11) is 0. The molecule has 0 bridgehead atoms. The van der Waals surface area contributed by atoms with Crippen molar-refractivity contribution in [3.8, 4) is 5.69 Å². The molecule has 148 valence electrons. The van der Waals surface area contributed by atoms with Crippen LogP contribution in [0.4, 0.5) is 0 Å². The molecule has 9 heteroatoms. The van der Waals surface area contributed by atoms with Gasteiger partial charge in [0.1, 0.15) is 0 Å². The molecule has 29 heavy (non-hydrogen) atoms. The first kappa shape index (κ1) is 18.7. The van der Waals surface area contributed by atoms with E-state index in [-0.39, 0.29) is 11.9 Å². The second kappa shape index (κ2) is 7.78. The Labute approximate surface area is 167 Å². The lowest BCUT2D eigenvalue weighted by Gasteiger charge is -2.20. The molecule has 0 aliphatic heterocycles. The van der Waals surface area contributed by atoms with Crippen LogP contribution in [0.5, 0.6) is 0 Å². The van der Waals surface area contributed by atoms with Gasteiger partial charge in [0.2, 0.25) is 0 Å². The second-order valence-electron chi connectivity index (χ2n) is 7.30. The number of hydrogen-bond donors (Lipinski definition) is 1. The highest BCUT2D eigenvalue weighted by Crippen LogP contribution is 2.22. The average molecular weight is 390 g/mol. The monoisotopic (exact) mass is 390 g/mol. The molecule has 0 aliphatic carbocycles. The van der Waals surface area contributed by atoms with Gasteiger partial charge in [-0.15, -0.1) is 15.3 Å². The molecule has 0 fully saturated rings. The normalized spacial score (nSPS) is 12.4. The van der Waals surface area contributed by atoms with Crippen molar-refractivity contribution >= 4 is 11.6 Å². The van der Waals surface area contributed by atoms with Gasteiger partial charge >= 0.3 is 0 Å². The number of carbonyl (C=O) groups excluding carboxylic acids is 1. The summed E-state index contributed by atoms with van der Waals surface area (Å²) in [5.41, 5.74) is 1.86. The van der Waals surface area contributed by atoms with E-state index in [1.165, 1.54) is 0 Å². The van der Waals surface area contributed by atoms with Gasteiger partial charge in [0.15, 0.2) is 17.3 Å². The van der Waals surface area contributed by atoms with Crippen LogP contribution in [0.2, 0.25) is 0 Å². The molecular weight excluding hydrogens is 368 g/mol. The van der Waals surface area contributed by atoms with E-state index in [1.54, 1.807) is 17.7 Å². The van der Waals surface area contributed by atoms with E-state index in [1.807, 2.05) is 47.0 Å². The number of nitrogens with zero attached hydrogens (tertiary/aromatic N) is 7. The van der Waals surface area contributed by atoms with E-state index in [4.69, 9.17) is 0 Å². The van der Waals surface area contributed by atoms with Crippen molar-refractivity contribution < 1.29 is 4.79 Å². The molecule has 1 amide bonds. The number of benzene rings is 1. The number of nitrogens with one attached hydrogen (secondary N) is 1. The van der Waals surface area contributed by atoms with E-state index >= 15 is 0 Å². The predicted molar refractivity (Wildman–Crippen MR) is 107 cm³/mol. The number of tetrazole rings is 1. The zero-order valence-electron chi connectivity index (χ0n) is 16.5. The minimum atomic E-state index is -0.289. The smallest absolute Gasteiger partial charge is 0.254 e. The first-order valence-electron chi connectivity index (χ1n) is 9.49. The molecule has 1 unspecified atom stereocenters. The molecule has 0 spiro atoms. The van der Waals surface area contributed by atoms with Crippen LogP contribution in [0, 0.1) is 12.8 Å². The molecule has 1 N–H and O–H groups in total. The van der Waals surface area contributed by atoms with Crippen molar-refractivity contribution in [2.45, 2.75) is 33.2 Å². The molecule has 3 heterocycles. The van der Waals surface area contributed by atoms with E-state index in [2.05, 4.69) is 44.9 Å². The van der Waals surface area contributed by atoms with Crippen molar-refractivity contribution in [2.24, 2.45) is 5.92 Å². The lowest BCUT2D eigenvalue weighted by atomic mass is 10.0. The third-order valence-electron chi connectivity index (χ3n) is 4.67. The number of hydrogen-bond acceptors (Lipinski definition) is 6. The van der Waals surface area contributed by atoms with Crippen LogP contribution in [-0.4, -0.2) is 40.7 Å². The Morgan fingerprint density at radius 3 is 2.62 bits per heavy atom. The van der Waals surface area contributed by atoms with Gasteiger partial charge in [-0.1, -0.05) is 32.0 Å². The molecule has 4 aromatic rings. The molecule has 0 saturated heterocycles. The fourth-order valence-electron chi connectivity index (χ4n) is 3.34. The number of fused-ring (bicyclic) bond motifs is 1. The Balaban J connectivity index is 1.69. The number of aryl methyl sites for hydroxylation is 1. The predicted octanol–water partition coefficient (Wildman–Crippen LogP) is 2.53. The summed E-state index contributed by atoms with van der Waals surface area (Å²) in [5.74, 6) is 1.45. The maximum atomic E-state index is 13.2. The van der Waals surface area contributed by atoms with E-state index in [0.29, 0.717) is 28.8 Å². The lowest BCUT2D eigenvalue weighted by molar-refractivity contribution is 0.0929. The molecule has 3 aromatic heterocycles.